The second-order valence-corrected chi connectivity index (χ2v) is 2.90. The lowest BCUT2D eigenvalue weighted by Crippen LogP contribution is -3.09. The molecule has 0 spiro atoms. The highest BCUT2D eigenvalue weighted by atomic mass is 16.5. The molecule has 0 aliphatic carbocycles. The van der Waals surface area contributed by atoms with Crippen LogP contribution in [0.15, 0.2) is 12.7 Å². The van der Waals surface area contributed by atoms with E-state index < -0.39 is 5.91 Å². The SMILES string of the molecule is C=CC(=O)[NH+]([O-])CCCN(C)C. The fourth-order valence-electron chi connectivity index (χ4n) is 0.793. The van der Waals surface area contributed by atoms with Gasteiger partial charge >= 0.3 is 5.91 Å². The Morgan fingerprint density at radius 1 is 1.67 bits per heavy atom. The Hall–Kier alpha value is -0.710. The van der Waals surface area contributed by atoms with Crippen molar-refractivity contribution in [3.8, 4) is 0 Å². The van der Waals surface area contributed by atoms with Crippen LogP contribution in [0.1, 0.15) is 6.42 Å². The molecule has 0 aromatic heterocycles. The van der Waals surface area contributed by atoms with Crippen LogP contribution in [0, 0.1) is 5.21 Å². The van der Waals surface area contributed by atoms with Crippen molar-refractivity contribution in [3.63, 3.8) is 0 Å². The van der Waals surface area contributed by atoms with Gasteiger partial charge in [-0.15, -0.1) is 0 Å². The normalized spacial score (nSPS) is 13.0. The van der Waals surface area contributed by atoms with Crippen molar-refractivity contribution in [2.24, 2.45) is 0 Å². The van der Waals surface area contributed by atoms with Crippen molar-refractivity contribution in [1.29, 1.82) is 0 Å². The predicted molar refractivity (Wildman–Crippen MR) is 47.6 cm³/mol. The fraction of sp³-hybridized carbons (Fsp3) is 0.625. The maximum atomic E-state index is 10.9. The number of quaternary nitrogens is 1. The summed E-state index contributed by atoms with van der Waals surface area (Å²) in [6.07, 6.45) is 1.80. The summed E-state index contributed by atoms with van der Waals surface area (Å²) >= 11 is 0. The Kier molecular flexibility index (Phi) is 5.53. The number of nitrogens with one attached hydrogen (secondary N) is 1. The van der Waals surface area contributed by atoms with E-state index in [1.165, 1.54) is 0 Å². The van der Waals surface area contributed by atoms with E-state index in [9.17, 15) is 10.0 Å². The molecule has 1 N–H and O–H groups in total. The summed E-state index contributed by atoms with van der Waals surface area (Å²) in [4.78, 5) is 12.7. The first-order chi connectivity index (χ1) is 5.57. The molecule has 1 atom stereocenters. The molecule has 4 heteroatoms. The van der Waals surface area contributed by atoms with Gasteiger partial charge in [0.05, 0.1) is 6.54 Å². The van der Waals surface area contributed by atoms with Crippen LogP contribution < -0.4 is 5.06 Å². The minimum atomic E-state index is -0.478. The highest BCUT2D eigenvalue weighted by molar-refractivity contribution is 5.78. The van der Waals surface area contributed by atoms with Gasteiger partial charge in [0.25, 0.3) is 0 Å². The van der Waals surface area contributed by atoms with Crippen molar-refractivity contribution in [2.75, 3.05) is 27.2 Å². The minimum Gasteiger partial charge on any atom is -0.626 e. The summed E-state index contributed by atoms with van der Waals surface area (Å²) < 4.78 is 0. The van der Waals surface area contributed by atoms with Gasteiger partial charge in [0, 0.05) is 19.0 Å². The van der Waals surface area contributed by atoms with Gasteiger partial charge in [0.2, 0.25) is 0 Å². The molecule has 0 fully saturated rings. The summed E-state index contributed by atoms with van der Waals surface area (Å²) in [6, 6.07) is 0. The van der Waals surface area contributed by atoms with Crippen LogP contribution >= 0.6 is 0 Å². The second-order valence-electron chi connectivity index (χ2n) is 2.90. The van der Waals surface area contributed by atoms with Gasteiger partial charge in [-0.05, 0) is 14.1 Å². The van der Waals surface area contributed by atoms with E-state index in [1.807, 2.05) is 19.0 Å². The zero-order valence-electron chi connectivity index (χ0n) is 7.67. The van der Waals surface area contributed by atoms with Gasteiger partial charge in [-0.2, -0.15) is 0 Å². The summed E-state index contributed by atoms with van der Waals surface area (Å²) in [5.74, 6) is -0.478. The number of hydrogen-bond acceptors (Lipinski definition) is 3. The van der Waals surface area contributed by atoms with Crippen LogP contribution in [0.2, 0.25) is 0 Å². The molecule has 0 rings (SSSR count). The van der Waals surface area contributed by atoms with Crippen LogP contribution in [0.3, 0.4) is 0 Å². The second kappa shape index (κ2) is 5.88. The fourth-order valence-corrected chi connectivity index (χ4v) is 0.793. The zero-order chi connectivity index (χ0) is 9.56. The van der Waals surface area contributed by atoms with E-state index in [1.54, 1.807) is 0 Å². The molecule has 0 aromatic rings. The van der Waals surface area contributed by atoms with E-state index in [-0.39, 0.29) is 5.06 Å². The molecule has 0 aliphatic rings. The zero-order valence-corrected chi connectivity index (χ0v) is 7.67. The summed E-state index contributed by atoms with van der Waals surface area (Å²) in [5, 5.41) is 10.6. The molecule has 4 nitrogen and oxygen atoms in total. The molecule has 0 heterocycles. The first-order valence-corrected chi connectivity index (χ1v) is 3.92. The first kappa shape index (κ1) is 11.3. The molecular formula is C8H16N2O2. The van der Waals surface area contributed by atoms with E-state index in [0.717, 1.165) is 19.0 Å². The maximum Gasteiger partial charge on any atom is 0.336 e. The topological polar surface area (TPSA) is 47.8 Å². The average Bonchev–Trinajstić information content (AvgIpc) is 2.02. The number of nitrogens with zero attached hydrogens (tertiary/aromatic N) is 1. The lowest BCUT2D eigenvalue weighted by atomic mass is 10.4. The van der Waals surface area contributed by atoms with Gasteiger partial charge in [-0.25, -0.2) is 4.79 Å². The van der Waals surface area contributed by atoms with Crippen LogP contribution in [0.5, 0.6) is 0 Å². The Morgan fingerprint density at radius 2 is 2.25 bits per heavy atom. The standard InChI is InChI=1S/C8H16N2O2/c1-4-8(11)10(12)7-5-6-9(2)3/h4,10H,1,5-7H2,2-3H3. The summed E-state index contributed by atoms with van der Waals surface area (Å²) in [7, 11) is 3.86. The molecule has 0 radical (unpaired) electrons. The number of carbonyl (C=O) groups excluding carboxylic acids is 1. The smallest absolute Gasteiger partial charge is 0.336 e. The van der Waals surface area contributed by atoms with Crippen molar-refractivity contribution >= 4 is 5.91 Å². The quantitative estimate of drug-likeness (QED) is 0.429. The third kappa shape index (κ3) is 5.01. The molecule has 70 valence electrons. The molecule has 12 heavy (non-hydrogen) atoms. The Morgan fingerprint density at radius 3 is 2.67 bits per heavy atom. The van der Waals surface area contributed by atoms with E-state index in [0.29, 0.717) is 6.54 Å². The van der Waals surface area contributed by atoms with Gasteiger partial charge in [-0.1, -0.05) is 6.58 Å². The number of rotatable bonds is 5. The Bertz CT molecular complexity index is 157. The third-order valence-electron chi connectivity index (χ3n) is 1.47. The number of amides is 1. The number of hydrogen-bond donors (Lipinski definition) is 1. The monoisotopic (exact) mass is 172 g/mol. The summed E-state index contributed by atoms with van der Waals surface area (Å²) in [5.41, 5.74) is 0. The first-order valence-electron chi connectivity index (χ1n) is 3.92. The molecule has 1 amide bonds. The third-order valence-corrected chi connectivity index (χ3v) is 1.47. The van der Waals surface area contributed by atoms with E-state index in [4.69, 9.17) is 0 Å². The lowest BCUT2D eigenvalue weighted by Gasteiger charge is -2.18. The molecular weight excluding hydrogens is 156 g/mol. The number of hydroxylamine groups is 2. The van der Waals surface area contributed by atoms with E-state index in [2.05, 4.69) is 6.58 Å². The molecule has 0 aromatic carbocycles. The average molecular weight is 172 g/mol. The largest absolute Gasteiger partial charge is 0.626 e. The minimum absolute atomic E-state index is 0.322. The van der Waals surface area contributed by atoms with Gasteiger partial charge in [0.1, 0.15) is 0 Å². The van der Waals surface area contributed by atoms with Crippen molar-refractivity contribution in [3.05, 3.63) is 17.9 Å². The highest BCUT2D eigenvalue weighted by Crippen LogP contribution is 1.77. The highest BCUT2D eigenvalue weighted by Gasteiger charge is 2.04. The Labute approximate surface area is 73.0 Å². The van der Waals surface area contributed by atoms with E-state index >= 15 is 0 Å². The lowest BCUT2D eigenvalue weighted by molar-refractivity contribution is -0.762. The molecule has 0 aliphatic heterocycles. The van der Waals surface area contributed by atoms with Crippen molar-refractivity contribution < 1.29 is 9.86 Å². The molecule has 1 unspecified atom stereocenters. The van der Waals surface area contributed by atoms with Crippen molar-refractivity contribution in [2.45, 2.75) is 6.42 Å². The van der Waals surface area contributed by atoms with Gasteiger partial charge in [0.15, 0.2) is 0 Å². The molecule has 0 saturated heterocycles. The predicted octanol–water partition coefficient (Wildman–Crippen LogP) is -0.967. The molecule has 0 bridgehead atoms. The maximum absolute atomic E-state index is 10.9. The van der Waals surface area contributed by atoms with Crippen LogP contribution in [0.4, 0.5) is 0 Å². The Balaban J connectivity index is 3.50. The van der Waals surface area contributed by atoms with Crippen LogP contribution in [-0.4, -0.2) is 38.0 Å². The van der Waals surface area contributed by atoms with Gasteiger partial charge < -0.3 is 15.2 Å². The van der Waals surface area contributed by atoms with Gasteiger partial charge in [-0.3, -0.25) is 0 Å². The van der Waals surface area contributed by atoms with Crippen LogP contribution in [-0.2, 0) is 4.79 Å². The van der Waals surface area contributed by atoms with Crippen LogP contribution in [0.25, 0.3) is 0 Å². The van der Waals surface area contributed by atoms with Crippen molar-refractivity contribution in [1.82, 2.24) is 4.90 Å². The number of carbonyl (C=O) groups is 1. The summed E-state index contributed by atoms with van der Waals surface area (Å²) in [6.45, 7) is 4.40. The molecule has 0 saturated carbocycles.